The monoisotopic (exact) mass is 416 g/mol. The summed E-state index contributed by atoms with van der Waals surface area (Å²) >= 11 is 0. The van der Waals surface area contributed by atoms with Crippen molar-refractivity contribution in [2.45, 2.75) is 0 Å². The number of carbonyl (C=O) groups excluding carboxylic acids is 2. The number of nitrogens with zero attached hydrogens (tertiary/aromatic N) is 3. The number of hydrogen-bond acceptors (Lipinski definition) is 4. The third-order valence-electron chi connectivity index (χ3n) is 4.38. The minimum atomic E-state index is -1.09. The predicted octanol–water partition coefficient (Wildman–Crippen LogP) is 2.11. The van der Waals surface area contributed by atoms with E-state index in [1.165, 1.54) is 16.8 Å². The smallest absolute Gasteiger partial charge is 0.352 e. The van der Waals surface area contributed by atoms with Gasteiger partial charge in [0.25, 0.3) is 11.8 Å². The molecule has 3 aromatic rings. The molecule has 3 rings (SSSR count). The molecule has 0 fully saturated rings. The van der Waals surface area contributed by atoms with Gasteiger partial charge in [-0.05, 0) is 27.6 Å². The highest BCUT2D eigenvalue weighted by Gasteiger charge is 2.18. The van der Waals surface area contributed by atoms with Gasteiger partial charge in [0.1, 0.15) is 17.1 Å². The van der Waals surface area contributed by atoms with Crippen molar-refractivity contribution in [1.29, 1.82) is 0 Å². The molecule has 0 bridgehead atoms. The first-order valence-corrected chi connectivity index (χ1v) is 9.09. The van der Waals surface area contributed by atoms with Crippen LogP contribution in [-0.2, 0) is 21.1 Å². The Hall–Kier alpha value is -3.52. The molecule has 11 heteroatoms. The lowest BCUT2D eigenvalue weighted by Gasteiger charge is -2.03. The summed E-state index contributed by atoms with van der Waals surface area (Å²) in [6.45, 7) is 0. The van der Waals surface area contributed by atoms with E-state index in [1.807, 2.05) is 0 Å². The molecular formula is C18H21N6O4P. The molecule has 152 valence electrons. The Bertz CT molecular complexity index is 1110. The van der Waals surface area contributed by atoms with Crippen LogP contribution in [0.1, 0.15) is 31.5 Å². The molecule has 4 N–H and O–H groups in total. The van der Waals surface area contributed by atoms with E-state index in [1.54, 1.807) is 54.8 Å². The third-order valence-corrected chi connectivity index (χ3v) is 4.71. The topological polar surface area (TPSA) is 122 Å². The van der Waals surface area contributed by atoms with Crippen molar-refractivity contribution in [1.82, 2.24) is 13.7 Å². The van der Waals surface area contributed by atoms with E-state index in [0.29, 0.717) is 22.8 Å². The van der Waals surface area contributed by atoms with E-state index < -0.39 is 11.9 Å². The summed E-state index contributed by atoms with van der Waals surface area (Å²) in [6.07, 6.45) is 4.91. The van der Waals surface area contributed by atoms with Crippen LogP contribution in [0, 0.1) is 0 Å². The van der Waals surface area contributed by atoms with Crippen molar-refractivity contribution in [3.05, 3.63) is 53.9 Å². The molecule has 0 aliphatic heterocycles. The van der Waals surface area contributed by atoms with E-state index in [0.717, 1.165) is 5.69 Å². The zero-order chi connectivity index (χ0) is 21.3. The Morgan fingerprint density at radius 3 is 1.52 bits per heavy atom. The first kappa shape index (κ1) is 20.2. The fraction of sp³-hybridized carbons (Fsp3) is 0.167. The summed E-state index contributed by atoms with van der Waals surface area (Å²) in [6, 6.07) is 4.62. The zero-order valence-corrected chi connectivity index (χ0v) is 17.2. The molecule has 0 saturated carbocycles. The first-order chi connectivity index (χ1) is 13.7. The fourth-order valence-corrected chi connectivity index (χ4v) is 3.12. The Kier molecular flexibility index (Phi) is 5.47. The molecular weight excluding hydrogens is 395 g/mol. The molecule has 0 radical (unpaired) electrons. The Morgan fingerprint density at radius 1 is 0.759 bits per heavy atom. The van der Waals surface area contributed by atoms with Gasteiger partial charge in [0, 0.05) is 39.7 Å². The van der Waals surface area contributed by atoms with Crippen LogP contribution in [0.15, 0.2) is 36.8 Å². The number of aromatic carboxylic acids is 1. The summed E-state index contributed by atoms with van der Waals surface area (Å²) in [5.74, 6) is -1.83. The number of amides is 2. The minimum absolute atomic E-state index is 0.0574. The Labute approximate surface area is 168 Å². The van der Waals surface area contributed by atoms with Crippen LogP contribution in [0.25, 0.3) is 0 Å². The van der Waals surface area contributed by atoms with Gasteiger partial charge in [-0.2, -0.15) is 0 Å². The minimum Gasteiger partial charge on any atom is -0.477 e. The molecule has 3 heterocycles. The van der Waals surface area contributed by atoms with Crippen LogP contribution < -0.4 is 15.7 Å². The molecule has 0 aliphatic rings. The van der Waals surface area contributed by atoms with Gasteiger partial charge < -0.3 is 34.5 Å². The maximum Gasteiger partial charge on any atom is 0.352 e. The predicted molar refractivity (Wildman–Crippen MR) is 112 cm³/mol. The molecule has 2 amide bonds. The second-order valence-electron chi connectivity index (χ2n) is 6.53. The van der Waals surface area contributed by atoms with Gasteiger partial charge in [-0.3, -0.25) is 9.59 Å². The zero-order valence-electron chi connectivity index (χ0n) is 16.1. The second-order valence-corrected chi connectivity index (χ2v) is 6.82. The molecule has 3 aromatic heterocycles. The van der Waals surface area contributed by atoms with Gasteiger partial charge in [0.2, 0.25) is 0 Å². The highest BCUT2D eigenvalue weighted by molar-refractivity contribution is 7.18. The lowest BCUT2D eigenvalue weighted by atomic mass is 10.3. The number of carboxylic acids is 1. The number of carboxylic acid groups (broad SMARTS) is 1. The molecule has 29 heavy (non-hydrogen) atoms. The highest BCUT2D eigenvalue weighted by Crippen LogP contribution is 2.19. The molecule has 1 unspecified atom stereocenters. The summed E-state index contributed by atoms with van der Waals surface area (Å²) in [7, 11) is 7.38. The van der Waals surface area contributed by atoms with Gasteiger partial charge in [0.05, 0.1) is 17.1 Å². The number of carbonyl (C=O) groups is 3. The number of hydrogen-bond donors (Lipinski definition) is 4. The number of rotatable bonds is 6. The van der Waals surface area contributed by atoms with E-state index in [-0.39, 0.29) is 11.6 Å². The number of aryl methyl sites for hydroxylation is 3. The SMILES string of the molecule is Cn1cc(NC(=O)c2cc(NC(=O)c3cc(NP)cn3C)cn2C)cc1C(=O)O. The van der Waals surface area contributed by atoms with Gasteiger partial charge in [-0.25, -0.2) is 4.79 Å². The molecule has 0 spiro atoms. The van der Waals surface area contributed by atoms with Crippen LogP contribution >= 0.6 is 9.39 Å². The first-order valence-electron chi connectivity index (χ1n) is 8.51. The van der Waals surface area contributed by atoms with Gasteiger partial charge in [-0.15, -0.1) is 0 Å². The quantitative estimate of drug-likeness (QED) is 0.459. The Balaban J connectivity index is 1.74. The molecule has 0 aromatic carbocycles. The summed E-state index contributed by atoms with van der Waals surface area (Å²) in [5, 5.41) is 17.4. The third kappa shape index (κ3) is 4.17. The number of anilines is 3. The lowest BCUT2D eigenvalue weighted by molar-refractivity contribution is 0.0686. The summed E-state index contributed by atoms with van der Waals surface area (Å²) in [5.41, 5.74) is 2.42. The van der Waals surface area contributed by atoms with E-state index in [9.17, 15) is 14.4 Å². The van der Waals surface area contributed by atoms with Crippen molar-refractivity contribution in [3.63, 3.8) is 0 Å². The van der Waals surface area contributed by atoms with E-state index in [2.05, 4.69) is 25.1 Å². The lowest BCUT2D eigenvalue weighted by Crippen LogP contribution is -2.15. The standard InChI is InChI=1S/C18H21N6O4P/c1-22-7-10(19-17(26)14-6-12(21-29)9-23(14)2)4-13(22)16(25)20-11-5-15(18(27)28)24(3)8-11/h4-9,21H,29H2,1-3H3,(H,19,26)(H,20,25)(H,27,28). The average molecular weight is 416 g/mol. The molecule has 1 atom stereocenters. The van der Waals surface area contributed by atoms with Crippen molar-refractivity contribution in [3.8, 4) is 0 Å². The van der Waals surface area contributed by atoms with Crippen LogP contribution in [0.2, 0.25) is 0 Å². The summed E-state index contributed by atoms with van der Waals surface area (Å²) < 4.78 is 4.67. The van der Waals surface area contributed by atoms with Gasteiger partial charge in [-0.1, -0.05) is 0 Å². The number of aromatic nitrogens is 3. The van der Waals surface area contributed by atoms with Crippen molar-refractivity contribution in [2.24, 2.45) is 21.1 Å². The summed E-state index contributed by atoms with van der Waals surface area (Å²) in [4.78, 5) is 36.2. The van der Waals surface area contributed by atoms with Crippen molar-refractivity contribution >= 4 is 44.2 Å². The van der Waals surface area contributed by atoms with E-state index >= 15 is 0 Å². The van der Waals surface area contributed by atoms with Crippen molar-refractivity contribution in [2.75, 3.05) is 15.7 Å². The van der Waals surface area contributed by atoms with Gasteiger partial charge >= 0.3 is 5.97 Å². The average Bonchev–Trinajstić information content (AvgIpc) is 3.31. The maximum atomic E-state index is 12.6. The molecule has 0 saturated heterocycles. The fourth-order valence-electron chi connectivity index (χ4n) is 2.96. The highest BCUT2D eigenvalue weighted by atomic mass is 31.0. The van der Waals surface area contributed by atoms with E-state index in [4.69, 9.17) is 5.11 Å². The molecule has 0 aliphatic carbocycles. The Morgan fingerprint density at radius 2 is 1.14 bits per heavy atom. The van der Waals surface area contributed by atoms with Crippen molar-refractivity contribution < 1.29 is 19.5 Å². The normalized spacial score (nSPS) is 10.6. The number of nitrogens with one attached hydrogen (secondary N) is 3. The van der Waals surface area contributed by atoms with Crippen LogP contribution in [0.4, 0.5) is 17.1 Å². The van der Waals surface area contributed by atoms with Gasteiger partial charge in [0.15, 0.2) is 0 Å². The second kappa shape index (κ2) is 7.84. The van der Waals surface area contributed by atoms with Crippen LogP contribution in [0.3, 0.4) is 0 Å². The van der Waals surface area contributed by atoms with Crippen LogP contribution in [0.5, 0.6) is 0 Å². The molecule has 10 nitrogen and oxygen atoms in total. The maximum absolute atomic E-state index is 12.6. The largest absolute Gasteiger partial charge is 0.477 e. The van der Waals surface area contributed by atoms with Crippen LogP contribution in [-0.4, -0.2) is 36.6 Å².